The fraction of sp³-hybridized carbons (Fsp3) is 0.441. The molecule has 2 N–H and O–H groups in total. The zero-order valence-corrected chi connectivity index (χ0v) is 23.5. The SMILES string of the molecule is CCC(=O)c1ccc(C=C2CCC=C(CC(=O)CN3CCC(C(=O)Nc4ccc(O)c(C5CC5)c4)C3)CC2)cc1. The summed E-state index contributed by atoms with van der Waals surface area (Å²) >= 11 is 0. The van der Waals surface area contributed by atoms with E-state index in [2.05, 4.69) is 22.4 Å². The van der Waals surface area contributed by atoms with Crippen LogP contribution in [0.3, 0.4) is 0 Å². The van der Waals surface area contributed by atoms with Crippen LogP contribution >= 0.6 is 0 Å². The number of hydrogen-bond donors (Lipinski definition) is 2. The number of aromatic hydroxyl groups is 1. The summed E-state index contributed by atoms with van der Waals surface area (Å²) in [5.41, 5.74) is 6.12. The Kier molecular flexibility index (Phi) is 8.95. The molecule has 3 aliphatic rings. The molecule has 0 spiro atoms. The number of carbonyl (C=O) groups is 3. The number of nitrogens with one attached hydrogen (secondary N) is 1. The highest BCUT2D eigenvalue weighted by Gasteiger charge is 2.30. The van der Waals surface area contributed by atoms with E-state index >= 15 is 0 Å². The first kappa shape index (κ1) is 28.0. The van der Waals surface area contributed by atoms with Crippen LogP contribution < -0.4 is 5.32 Å². The van der Waals surface area contributed by atoms with Gasteiger partial charge in [-0.1, -0.05) is 54.5 Å². The number of hydrogen-bond acceptors (Lipinski definition) is 5. The zero-order valence-electron chi connectivity index (χ0n) is 23.5. The van der Waals surface area contributed by atoms with Gasteiger partial charge in [0.25, 0.3) is 0 Å². The Morgan fingerprint density at radius 3 is 2.58 bits per heavy atom. The number of phenols is 1. The number of ketones is 2. The Bertz CT molecular complexity index is 1320. The number of likely N-dealkylation sites (tertiary alicyclic amines) is 1. The topological polar surface area (TPSA) is 86.7 Å². The van der Waals surface area contributed by atoms with Gasteiger partial charge in [-0.3, -0.25) is 19.3 Å². The van der Waals surface area contributed by atoms with Crippen LogP contribution in [0.15, 0.2) is 59.7 Å². The molecule has 6 nitrogen and oxygen atoms in total. The van der Waals surface area contributed by atoms with Crippen molar-refractivity contribution in [2.75, 3.05) is 25.0 Å². The molecule has 1 unspecified atom stereocenters. The summed E-state index contributed by atoms with van der Waals surface area (Å²) in [6.45, 7) is 3.61. The van der Waals surface area contributed by atoms with Gasteiger partial charge in [0, 0.05) is 30.6 Å². The molecular weight excluding hydrogens is 500 g/mol. The first-order valence-electron chi connectivity index (χ1n) is 14.8. The van der Waals surface area contributed by atoms with Crippen molar-refractivity contribution in [3.8, 4) is 5.75 Å². The van der Waals surface area contributed by atoms with E-state index in [1.165, 1.54) is 11.1 Å². The quantitative estimate of drug-likeness (QED) is 0.200. The number of carbonyl (C=O) groups excluding carboxylic acids is 3. The van der Waals surface area contributed by atoms with E-state index in [9.17, 15) is 19.5 Å². The van der Waals surface area contributed by atoms with Crippen LogP contribution in [0.1, 0.15) is 92.1 Å². The largest absolute Gasteiger partial charge is 0.508 e. The molecule has 2 aliphatic carbocycles. The van der Waals surface area contributed by atoms with Crippen LogP contribution in [-0.2, 0) is 9.59 Å². The van der Waals surface area contributed by atoms with Gasteiger partial charge in [-0.05, 0) is 86.7 Å². The van der Waals surface area contributed by atoms with Gasteiger partial charge < -0.3 is 10.4 Å². The van der Waals surface area contributed by atoms with Gasteiger partial charge >= 0.3 is 0 Å². The average Bonchev–Trinajstić information content (AvgIpc) is 3.73. The molecule has 1 amide bonds. The second kappa shape index (κ2) is 12.8. The van der Waals surface area contributed by atoms with Gasteiger partial charge in [0.2, 0.25) is 5.91 Å². The van der Waals surface area contributed by atoms with Gasteiger partial charge in [-0.15, -0.1) is 0 Å². The summed E-state index contributed by atoms with van der Waals surface area (Å²) in [5.74, 6) is 0.939. The predicted octanol–water partition coefficient (Wildman–Crippen LogP) is 6.67. The molecule has 2 fully saturated rings. The van der Waals surface area contributed by atoms with Crippen LogP contribution in [0.25, 0.3) is 6.08 Å². The standard InChI is InChI=1S/C34H40N2O4/c1-2-32(38)27-10-8-25(9-11-27)18-23-4-3-5-24(7-6-23)19-30(37)22-36-17-16-28(21-36)34(40)35-29-14-15-33(39)31(20-29)26-12-13-26/h5,8-11,14-15,18,20,26,28,39H,2-4,6-7,12-13,16-17,19,21-22H2,1H3,(H,35,40). The third kappa shape index (κ3) is 7.36. The molecule has 0 aromatic heterocycles. The van der Waals surface area contributed by atoms with Crippen LogP contribution in [0.4, 0.5) is 5.69 Å². The van der Waals surface area contributed by atoms with Crippen molar-refractivity contribution in [1.29, 1.82) is 0 Å². The van der Waals surface area contributed by atoms with Crippen molar-refractivity contribution in [3.05, 3.63) is 76.4 Å². The molecule has 1 aliphatic heterocycles. The van der Waals surface area contributed by atoms with Crippen LogP contribution in [0.5, 0.6) is 5.75 Å². The van der Waals surface area contributed by atoms with Crippen molar-refractivity contribution in [2.24, 2.45) is 5.92 Å². The summed E-state index contributed by atoms with van der Waals surface area (Å²) in [5, 5.41) is 13.1. The number of benzene rings is 2. The lowest BCUT2D eigenvalue weighted by Gasteiger charge is -2.16. The molecule has 1 saturated heterocycles. The lowest BCUT2D eigenvalue weighted by molar-refractivity contribution is -0.121. The lowest BCUT2D eigenvalue weighted by Crippen LogP contribution is -2.30. The van der Waals surface area contributed by atoms with Gasteiger partial charge in [0.15, 0.2) is 11.6 Å². The summed E-state index contributed by atoms with van der Waals surface area (Å²) in [6.07, 6.45) is 12.1. The summed E-state index contributed by atoms with van der Waals surface area (Å²) in [4.78, 5) is 39.8. The first-order chi connectivity index (χ1) is 19.4. The summed E-state index contributed by atoms with van der Waals surface area (Å²) in [6, 6.07) is 13.1. The molecule has 1 atom stereocenters. The van der Waals surface area contributed by atoms with Gasteiger partial charge in [-0.25, -0.2) is 0 Å². The molecule has 1 saturated carbocycles. The number of rotatable bonds is 10. The Morgan fingerprint density at radius 1 is 1.02 bits per heavy atom. The molecule has 40 heavy (non-hydrogen) atoms. The summed E-state index contributed by atoms with van der Waals surface area (Å²) < 4.78 is 0. The average molecular weight is 541 g/mol. The summed E-state index contributed by atoms with van der Waals surface area (Å²) in [7, 11) is 0. The number of Topliss-reactive ketones (excluding diaryl/α,β-unsaturated/α-hetero) is 2. The second-order valence-corrected chi connectivity index (χ2v) is 11.6. The van der Waals surface area contributed by atoms with E-state index in [0.29, 0.717) is 37.6 Å². The third-order valence-corrected chi connectivity index (χ3v) is 8.37. The highest BCUT2D eigenvalue weighted by Crippen LogP contribution is 2.44. The normalized spacial score (nSPS) is 20.7. The molecule has 0 radical (unpaired) electrons. The van der Waals surface area contributed by atoms with E-state index in [-0.39, 0.29) is 23.4 Å². The lowest BCUT2D eigenvalue weighted by atomic mass is 10.00. The van der Waals surface area contributed by atoms with E-state index in [1.54, 1.807) is 12.1 Å². The number of amides is 1. The minimum absolute atomic E-state index is 0.0141. The van der Waals surface area contributed by atoms with E-state index in [1.807, 2.05) is 37.3 Å². The molecule has 2 aromatic rings. The minimum Gasteiger partial charge on any atom is -0.508 e. The van der Waals surface area contributed by atoms with Crippen LogP contribution in [0.2, 0.25) is 0 Å². The molecule has 5 rings (SSSR count). The van der Waals surface area contributed by atoms with Gasteiger partial charge in [0.05, 0.1) is 12.5 Å². The third-order valence-electron chi connectivity index (χ3n) is 8.37. The molecule has 0 bridgehead atoms. The second-order valence-electron chi connectivity index (χ2n) is 11.6. The van der Waals surface area contributed by atoms with Crippen molar-refractivity contribution in [3.63, 3.8) is 0 Å². The van der Waals surface area contributed by atoms with E-state index in [4.69, 9.17) is 0 Å². The molecular formula is C34H40N2O4. The fourth-order valence-electron chi connectivity index (χ4n) is 5.87. The van der Waals surface area contributed by atoms with Gasteiger partial charge in [-0.2, -0.15) is 0 Å². The Labute approximate surface area is 237 Å². The zero-order chi connectivity index (χ0) is 28.1. The van der Waals surface area contributed by atoms with Gasteiger partial charge in [0.1, 0.15) is 5.75 Å². The monoisotopic (exact) mass is 540 g/mol. The highest BCUT2D eigenvalue weighted by atomic mass is 16.3. The number of anilines is 1. The number of phenolic OH excluding ortho intramolecular Hbond substituents is 1. The van der Waals surface area contributed by atoms with E-state index in [0.717, 1.165) is 73.9 Å². The van der Waals surface area contributed by atoms with E-state index < -0.39 is 0 Å². The molecule has 2 aromatic carbocycles. The molecule has 1 heterocycles. The smallest absolute Gasteiger partial charge is 0.228 e. The van der Waals surface area contributed by atoms with Crippen LogP contribution in [0, 0.1) is 5.92 Å². The first-order valence-corrected chi connectivity index (χ1v) is 14.8. The minimum atomic E-state index is -0.134. The van der Waals surface area contributed by atoms with Crippen molar-refractivity contribution < 1.29 is 19.5 Å². The Morgan fingerprint density at radius 2 is 1.82 bits per heavy atom. The number of allylic oxidation sites excluding steroid dienone is 3. The number of nitrogens with zero attached hydrogens (tertiary/aromatic N) is 1. The maximum Gasteiger partial charge on any atom is 0.228 e. The maximum atomic E-state index is 12.9. The van der Waals surface area contributed by atoms with Crippen molar-refractivity contribution in [1.82, 2.24) is 4.90 Å². The fourth-order valence-corrected chi connectivity index (χ4v) is 5.87. The Balaban J connectivity index is 1.06. The Hall–Kier alpha value is -3.51. The maximum absolute atomic E-state index is 12.9. The van der Waals surface area contributed by atoms with Crippen molar-refractivity contribution >= 4 is 29.2 Å². The highest BCUT2D eigenvalue weighted by molar-refractivity contribution is 5.96. The van der Waals surface area contributed by atoms with Crippen LogP contribution in [-0.4, -0.2) is 47.1 Å². The van der Waals surface area contributed by atoms with Crippen molar-refractivity contribution in [2.45, 2.75) is 70.6 Å². The molecule has 6 heteroatoms. The predicted molar refractivity (Wildman–Crippen MR) is 158 cm³/mol. The molecule has 210 valence electrons.